The monoisotopic (exact) mass is 1700 g/mol. The minimum atomic E-state index is -0.558. The van der Waals surface area contributed by atoms with Crippen molar-refractivity contribution in [1.29, 1.82) is 0 Å². The number of esters is 6. The van der Waals surface area contributed by atoms with Crippen LogP contribution in [0.15, 0.2) is 0 Å². The second-order valence-corrected chi connectivity index (χ2v) is 39.8. The van der Waals surface area contributed by atoms with Gasteiger partial charge in [-0.1, -0.05) is 48.0 Å². The molecule has 6 aliphatic heterocycles. The van der Waals surface area contributed by atoms with Gasteiger partial charge in [0, 0.05) is 65.0 Å². The summed E-state index contributed by atoms with van der Waals surface area (Å²) in [5.74, 6) is -1.85. The first-order valence-electron chi connectivity index (χ1n) is 45.9. The third-order valence-corrected chi connectivity index (χ3v) is 25.9. The quantitative estimate of drug-likeness (QED) is 0.0262. The van der Waals surface area contributed by atoms with Crippen LogP contribution in [0.2, 0.25) is 0 Å². The molecule has 1 spiro atoms. The van der Waals surface area contributed by atoms with Gasteiger partial charge in [0.1, 0.15) is 50.3 Å². The Balaban J connectivity index is 0.000000227. The molecule has 4 bridgehead atoms. The van der Waals surface area contributed by atoms with Crippen molar-refractivity contribution in [2.75, 3.05) is 79.3 Å². The van der Waals surface area contributed by atoms with Gasteiger partial charge in [-0.2, -0.15) is 0 Å². The van der Waals surface area contributed by atoms with Gasteiger partial charge < -0.3 is 94.7 Å². The molecule has 11 atom stereocenters. The first kappa shape index (κ1) is 104. The highest BCUT2D eigenvalue weighted by Crippen LogP contribution is 2.64. The van der Waals surface area contributed by atoms with Gasteiger partial charge in [0.25, 0.3) is 0 Å². The highest BCUT2D eigenvalue weighted by molar-refractivity contribution is 5.78. The first-order chi connectivity index (χ1) is 55.7. The number of carbonyl (C=O) groups is 6. The van der Waals surface area contributed by atoms with Crippen molar-refractivity contribution < 1.29 is 124 Å². The lowest BCUT2D eigenvalue weighted by Gasteiger charge is -2.65. The van der Waals surface area contributed by atoms with Crippen molar-refractivity contribution in [3.05, 3.63) is 0 Å². The van der Waals surface area contributed by atoms with E-state index >= 15 is 0 Å². The molecule has 12 fully saturated rings. The maximum atomic E-state index is 13.2. The molecule has 6 heterocycles. The topological polar surface area (TPSA) is 287 Å². The fraction of sp³-hybridized carbons (Fsp3) is 0.935. The molecule has 0 aromatic heterocycles. The summed E-state index contributed by atoms with van der Waals surface area (Å²) in [7, 11) is 0. The van der Waals surface area contributed by atoms with E-state index in [-0.39, 0.29) is 122 Å². The van der Waals surface area contributed by atoms with Crippen LogP contribution in [0.3, 0.4) is 0 Å². The molecule has 0 aromatic rings. The van der Waals surface area contributed by atoms with Gasteiger partial charge in [-0.15, -0.1) is 0 Å². The van der Waals surface area contributed by atoms with Gasteiger partial charge in [-0.25, -0.2) is 0 Å². The summed E-state index contributed by atoms with van der Waals surface area (Å²) >= 11 is 0. The minimum Gasteiger partial charge on any atom is -0.463 e. The molecule has 6 saturated carbocycles. The fourth-order valence-electron chi connectivity index (χ4n) is 16.2. The minimum absolute atomic E-state index is 0.0305. The average Bonchev–Trinajstić information content (AvgIpc) is 0.894. The maximum Gasteiger partial charge on any atom is 0.312 e. The summed E-state index contributed by atoms with van der Waals surface area (Å²) in [6.45, 7) is 52.1. The Kier molecular flexibility index (Phi) is 40.8. The van der Waals surface area contributed by atoms with E-state index in [1.165, 1.54) is 6.42 Å². The van der Waals surface area contributed by atoms with E-state index < -0.39 is 49.7 Å². The Bertz CT molecular complexity index is 3010. The lowest BCUT2D eigenvalue weighted by molar-refractivity contribution is -0.343. The zero-order valence-electron chi connectivity index (χ0n) is 78.4. The zero-order chi connectivity index (χ0) is 88.4. The summed E-state index contributed by atoms with van der Waals surface area (Å²) in [6, 6.07) is 0. The standard InChI is InChI=1S/C26H42O6.2C15H26O4.C13H24O4.C12H22O4.C12H24O4/c1-4-23(2,3)22(27)32-26-15-19-13-24(17-26,30-20-9-5-7-11-28-20)16-25(14-19,18-26)31-21-10-6-8-12-29-21;1-6-14(2,3)13(16)17-10-7-8-11-12(9-10)19-15(4,5)18-11;1-4-14(2,3)13(16)17-10-12-11-18-15(19-12)8-6-5-7-9-15;1-4-13(2,3)12(14)17-10-9-16-11-7-5-6-8-15-11;1-6-11(2,3)10(13)14-7-9-8-15-12(4,5)16-9;1-6-12(4,5)11(13)16-9-8-15-10(3)14-7-2/h19-21H,4-18H2,1-3H3;10-12H,6-9H2,1-5H3;12H,4-11H2,1-3H3;11H,4-10H2,1-3H3;9H,6-8H2,1-5H3;10H,6-9H2,1-5H3. The molecule has 0 aromatic carbocycles. The predicted octanol–water partition coefficient (Wildman–Crippen LogP) is 18.3. The van der Waals surface area contributed by atoms with Crippen LogP contribution in [0.5, 0.6) is 0 Å². The second-order valence-electron chi connectivity index (χ2n) is 39.8. The van der Waals surface area contributed by atoms with Gasteiger partial charge in [-0.3, -0.25) is 28.8 Å². The van der Waals surface area contributed by atoms with Gasteiger partial charge in [0.2, 0.25) is 0 Å². The summed E-state index contributed by atoms with van der Waals surface area (Å²) in [5.41, 5.74) is -3.72. The van der Waals surface area contributed by atoms with Crippen molar-refractivity contribution in [1.82, 2.24) is 0 Å². The van der Waals surface area contributed by atoms with Crippen molar-refractivity contribution in [3.63, 3.8) is 0 Å². The Morgan fingerprint density at radius 1 is 0.403 bits per heavy atom. The molecule has 12 rings (SSSR count). The Labute approximate surface area is 716 Å². The third kappa shape index (κ3) is 33.2. The number of ether oxygens (including phenoxy) is 20. The molecule has 6 aliphatic carbocycles. The van der Waals surface area contributed by atoms with E-state index in [2.05, 4.69) is 6.92 Å². The van der Waals surface area contributed by atoms with Crippen LogP contribution in [-0.4, -0.2) is 205 Å². The van der Waals surface area contributed by atoms with Crippen LogP contribution in [0, 0.1) is 38.4 Å². The predicted molar refractivity (Wildman–Crippen MR) is 449 cm³/mol. The van der Waals surface area contributed by atoms with E-state index in [1.54, 1.807) is 0 Å². The molecule has 26 heteroatoms. The molecule has 0 radical (unpaired) electrons. The molecule has 26 nitrogen and oxygen atoms in total. The molecule has 11 unspecified atom stereocenters. The molecule has 692 valence electrons. The Morgan fingerprint density at radius 2 is 0.824 bits per heavy atom. The SMILES string of the molecule is CCC(C)(C)C(=O)OC12CC3CC(OC4CCCCO4)(C1)CC(OC1CCCCO1)(C3)C2.CCC(C)(C)C(=O)OC1CCC2OC(C)(C)OC2C1.CCC(C)(C)C(=O)OCC1COC(C)(C)O1.CCC(C)(C)C(=O)OCC1COC2(CCCCC2)O1.CCC(C)(C)C(=O)OCCOC1CCCCO1.CCOC(C)OCCOC(=O)C(C)(C)CC. The van der Waals surface area contributed by atoms with Crippen LogP contribution < -0.4 is 0 Å². The van der Waals surface area contributed by atoms with Crippen LogP contribution >= 0.6 is 0 Å². The van der Waals surface area contributed by atoms with Gasteiger partial charge in [-0.05, 0) is 272 Å². The molecule has 12 aliphatic rings. The number of rotatable bonds is 32. The van der Waals surface area contributed by atoms with Crippen LogP contribution in [0.1, 0.15) is 352 Å². The highest BCUT2D eigenvalue weighted by Gasteiger charge is 2.68. The van der Waals surface area contributed by atoms with E-state index in [0.717, 1.165) is 200 Å². The smallest absolute Gasteiger partial charge is 0.312 e. The number of hydrogen-bond acceptors (Lipinski definition) is 26. The van der Waals surface area contributed by atoms with Crippen molar-refractivity contribution in [3.8, 4) is 0 Å². The zero-order valence-corrected chi connectivity index (χ0v) is 78.4. The molecule has 6 saturated heterocycles. The van der Waals surface area contributed by atoms with Crippen molar-refractivity contribution >= 4 is 35.8 Å². The van der Waals surface area contributed by atoms with Gasteiger partial charge in [0.05, 0.1) is 82.3 Å². The van der Waals surface area contributed by atoms with Crippen LogP contribution in [0.4, 0.5) is 0 Å². The summed E-state index contributed by atoms with van der Waals surface area (Å²) < 4.78 is 114. The van der Waals surface area contributed by atoms with E-state index in [0.29, 0.717) is 52.2 Å². The molecular formula is C93H164O26. The Hall–Kier alpha value is -3.74. The van der Waals surface area contributed by atoms with Crippen molar-refractivity contribution in [2.24, 2.45) is 38.4 Å². The normalized spacial score (nSPS) is 29.6. The van der Waals surface area contributed by atoms with Gasteiger partial charge >= 0.3 is 35.8 Å². The first-order valence-corrected chi connectivity index (χ1v) is 45.9. The van der Waals surface area contributed by atoms with Crippen molar-refractivity contribution in [2.45, 2.75) is 442 Å². The molecule has 119 heavy (non-hydrogen) atoms. The molecule has 0 amide bonds. The number of carbonyl (C=O) groups excluding carboxylic acids is 6. The van der Waals surface area contributed by atoms with Crippen LogP contribution in [-0.2, 0) is 124 Å². The largest absolute Gasteiger partial charge is 0.463 e. The number of fused-ring (bicyclic) bond motifs is 1. The molecular weight excluding hydrogens is 1530 g/mol. The van der Waals surface area contributed by atoms with Gasteiger partial charge in [0.15, 0.2) is 42.5 Å². The fourth-order valence-corrected chi connectivity index (χ4v) is 16.2. The number of hydrogen-bond donors (Lipinski definition) is 0. The Morgan fingerprint density at radius 3 is 1.28 bits per heavy atom. The van der Waals surface area contributed by atoms with Crippen LogP contribution in [0.25, 0.3) is 0 Å². The van der Waals surface area contributed by atoms with E-state index in [9.17, 15) is 28.8 Å². The van der Waals surface area contributed by atoms with E-state index in [4.69, 9.17) is 94.7 Å². The average molecular weight is 1700 g/mol. The summed E-state index contributed by atoms with van der Waals surface area (Å²) in [6.07, 6.45) is 26.9. The summed E-state index contributed by atoms with van der Waals surface area (Å²) in [5, 5.41) is 0. The maximum absolute atomic E-state index is 13.2. The lowest BCUT2D eigenvalue weighted by atomic mass is 9.50. The second kappa shape index (κ2) is 46.6. The lowest BCUT2D eigenvalue weighted by Crippen LogP contribution is -2.69. The van der Waals surface area contributed by atoms with E-state index in [1.807, 2.05) is 159 Å². The third-order valence-electron chi connectivity index (χ3n) is 25.9. The summed E-state index contributed by atoms with van der Waals surface area (Å²) in [4.78, 5) is 72.1. The molecule has 0 N–H and O–H groups in total. The highest BCUT2D eigenvalue weighted by atomic mass is 16.8.